The highest BCUT2D eigenvalue weighted by molar-refractivity contribution is 5.56. The molecule has 0 spiro atoms. The van der Waals surface area contributed by atoms with Crippen molar-refractivity contribution in [1.29, 1.82) is 0 Å². The maximum Gasteiger partial charge on any atom is 0.0781 e. The fourth-order valence-electron chi connectivity index (χ4n) is 2.32. The van der Waals surface area contributed by atoms with Gasteiger partial charge in [-0.25, -0.2) is 0 Å². The van der Waals surface area contributed by atoms with Crippen molar-refractivity contribution in [2.45, 2.75) is 51.7 Å². The largest absolute Gasteiger partial charge is 0.389 e. The highest BCUT2D eigenvalue weighted by Crippen LogP contribution is 2.35. The number of aliphatic hydroxyl groups is 1. The molecule has 0 aliphatic heterocycles. The van der Waals surface area contributed by atoms with Gasteiger partial charge in [0.15, 0.2) is 0 Å². The lowest BCUT2D eigenvalue weighted by molar-refractivity contribution is 0.199. The Hall–Kier alpha value is -1.02. The Morgan fingerprint density at radius 2 is 2.06 bits per heavy atom. The first-order valence-corrected chi connectivity index (χ1v) is 6.77. The van der Waals surface area contributed by atoms with Crippen molar-refractivity contribution in [2.24, 2.45) is 0 Å². The van der Waals surface area contributed by atoms with Gasteiger partial charge < -0.3 is 10.0 Å². The van der Waals surface area contributed by atoms with Gasteiger partial charge >= 0.3 is 0 Å². The fourth-order valence-corrected chi connectivity index (χ4v) is 2.32. The molecule has 1 aliphatic carbocycles. The summed E-state index contributed by atoms with van der Waals surface area (Å²) in [6, 6.07) is 8.98. The summed E-state index contributed by atoms with van der Waals surface area (Å²) < 4.78 is 0. The van der Waals surface area contributed by atoms with E-state index in [4.69, 9.17) is 0 Å². The molecule has 0 amide bonds. The minimum atomic E-state index is -0.380. The van der Waals surface area contributed by atoms with Crippen molar-refractivity contribution in [3.8, 4) is 0 Å². The van der Waals surface area contributed by atoms with Crippen LogP contribution in [0.15, 0.2) is 24.3 Å². The second-order valence-corrected chi connectivity index (χ2v) is 5.01. The molecule has 1 aromatic carbocycles. The van der Waals surface area contributed by atoms with Crippen molar-refractivity contribution in [3.63, 3.8) is 0 Å². The fraction of sp³-hybridized carbons (Fsp3) is 0.600. The monoisotopic (exact) mass is 233 g/mol. The average molecular weight is 233 g/mol. The van der Waals surface area contributed by atoms with Crippen LogP contribution in [0, 0.1) is 0 Å². The number of rotatable bonds is 6. The van der Waals surface area contributed by atoms with Gasteiger partial charge in [-0.2, -0.15) is 0 Å². The van der Waals surface area contributed by atoms with Crippen LogP contribution in [0.3, 0.4) is 0 Å². The standard InChI is InChI=1S/C15H23NO/c1-3-4-11-16(13-9-10-13)15-8-6-5-7-14(15)12(2)17/h5-8,12-13,17H,3-4,9-11H2,1-2H3/t12-/m0/s1. The molecule has 1 fully saturated rings. The van der Waals surface area contributed by atoms with Crippen LogP contribution in [-0.4, -0.2) is 17.7 Å². The van der Waals surface area contributed by atoms with Gasteiger partial charge in [0, 0.05) is 23.8 Å². The van der Waals surface area contributed by atoms with E-state index in [0.717, 1.165) is 12.1 Å². The van der Waals surface area contributed by atoms with E-state index in [0.29, 0.717) is 6.04 Å². The molecule has 0 heterocycles. The summed E-state index contributed by atoms with van der Waals surface area (Å²) in [4.78, 5) is 2.49. The van der Waals surface area contributed by atoms with Crippen LogP contribution in [0.4, 0.5) is 5.69 Å². The van der Waals surface area contributed by atoms with E-state index in [1.54, 1.807) is 0 Å². The van der Waals surface area contributed by atoms with E-state index >= 15 is 0 Å². The maximum atomic E-state index is 9.85. The summed E-state index contributed by atoms with van der Waals surface area (Å²) >= 11 is 0. The number of hydrogen-bond acceptors (Lipinski definition) is 2. The predicted octanol–water partition coefficient (Wildman–Crippen LogP) is 3.51. The third kappa shape index (κ3) is 3.01. The molecule has 1 aliphatic rings. The lowest BCUT2D eigenvalue weighted by Gasteiger charge is -2.28. The number of nitrogens with zero attached hydrogens (tertiary/aromatic N) is 1. The quantitative estimate of drug-likeness (QED) is 0.812. The van der Waals surface area contributed by atoms with Crippen LogP contribution in [0.5, 0.6) is 0 Å². The molecule has 17 heavy (non-hydrogen) atoms. The lowest BCUT2D eigenvalue weighted by atomic mass is 10.1. The highest BCUT2D eigenvalue weighted by atomic mass is 16.3. The van der Waals surface area contributed by atoms with Gasteiger partial charge in [-0.3, -0.25) is 0 Å². The Morgan fingerprint density at radius 1 is 1.35 bits per heavy atom. The van der Waals surface area contributed by atoms with E-state index < -0.39 is 0 Å². The molecular formula is C15H23NO. The Morgan fingerprint density at radius 3 is 2.65 bits per heavy atom. The SMILES string of the molecule is CCCCN(c1ccccc1[C@H](C)O)C1CC1. The molecule has 0 bridgehead atoms. The molecule has 1 N–H and O–H groups in total. The first kappa shape index (κ1) is 12.4. The van der Waals surface area contributed by atoms with Gasteiger partial charge in [-0.05, 0) is 32.3 Å². The molecule has 0 unspecified atom stereocenters. The molecule has 1 saturated carbocycles. The first-order valence-electron chi connectivity index (χ1n) is 6.77. The van der Waals surface area contributed by atoms with Crippen LogP contribution in [0.1, 0.15) is 51.2 Å². The number of unbranched alkanes of at least 4 members (excludes halogenated alkanes) is 1. The molecule has 0 aromatic heterocycles. The Kier molecular flexibility index (Phi) is 4.06. The van der Waals surface area contributed by atoms with Gasteiger partial charge in [-0.15, -0.1) is 0 Å². The Balaban J connectivity index is 2.22. The van der Waals surface area contributed by atoms with Crippen LogP contribution in [-0.2, 0) is 0 Å². The van der Waals surface area contributed by atoms with E-state index in [-0.39, 0.29) is 6.10 Å². The van der Waals surface area contributed by atoms with Crippen LogP contribution >= 0.6 is 0 Å². The highest BCUT2D eigenvalue weighted by Gasteiger charge is 2.30. The smallest absolute Gasteiger partial charge is 0.0781 e. The van der Waals surface area contributed by atoms with E-state index in [9.17, 15) is 5.11 Å². The van der Waals surface area contributed by atoms with E-state index in [2.05, 4.69) is 24.0 Å². The van der Waals surface area contributed by atoms with Gasteiger partial charge in [0.2, 0.25) is 0 Å². The third-order valence-electron chi connectivity index (χ3n) is 3.44. The summed E-state index contributed by atoms with van der Waals surface area (Å²) in [5.41, 5.74) is 2.30. The number of para-hydroxylation sites is 1. The molecule has 2 rings (SSSR count). The second-order valence-electron chi connectivity index (χ2n) is 5.01. The van der Waals surface area contributed by atoms with Crippen molar-refractivity contribution in [2.75, 3.05) is 11.4 Å². The molecular weight excluding hydrogens is 210 g/mol. The van der Waals surface area contributed by atoms with Gasteiger partial charge in [0.1, 0.15) is 0 Å². The zero-order valence-electron chi connectivity index (χ0n) is 10.9. The first-order chi connectivity index (χ1) is 8.24. The Labute approximate surface area is 104 Å². The number of aliphatic hydroxyl groups excluding tert-OH is 1. The third-order valence-corrected chi connectivity index (χ3v) is 3.44. The van der Waals surface area contributed by atoms with Crippen LogP contribution < -0.4 is 4.90 Å². The van der Waals surface area contributed by atoms with Gasteiger partial charge in [-0.1, -0.05) is 31.5 Å². The molecule has 94 valence electrons. The topological polar surface area (TPSA) is 23.5 Å². The average Bonchev–Trinajstić information content (AvgIpc) is 3.14. The number of benzene rings is 1. The molecule has 1 atom stereocenters. The predicted molar refractivity (Wildman–Crippen MR) is 72.4 cm³/mol. The summed E-state index contributed by atoms with van der Waals surface area (Å²) in [7, 11) is 0. The van der Waals surface area contributed by atoms with Gasteiger partial charge in [0.25, 0.3) is 0 Å². The van der Waals surface area contributed by atoms with Crippen LogP contribution in [0.2, 0.25) is 0 Å². The minimum Gasteiger partial charge on any atom is -0.389 e. The van der Waals surface area contributed by atoms with Crippen molar-refractivity contribution < 1.29 is 5.11 Å². The van der Waals surface area contributed by atoms with E-state index in [1.807, 2.05) is 19.1 Å². The zero-order chi connectivity index (χ0) is 12.3. The van der Waals surface area contributed by atoms with E-state index in [1.165, 1.54) is 31.4 Å². The molecule has 2 nitrogen and oxygen atoms in total. The summed E-state index contributed by atoms with van der Waals surface area (Å²) in [6.45, 7) is 5.19. The maximum absolute atomic E-state index is 9.85. The summed E-state index contributed by atoms with van der Waals surface area (Å²) in [5, 5.41) is 9.85. The Bertz CT molecular complexity index is 358. The molecule has 2 heteroatoms. The van der Waals surface area contributed by atoms with Crippen molar-refractivity contribution in [1.82, 2.24) is 0 Å². The van der Waals surface area contributed by atoms with Gasteiger partial charge in [0.05, 0.1) is 6.10 Å². The molecule has 0 saturated heterocycles. The van der Waals surface area contributed by atoms with Crippen LogP contribution in [0.25, 0.3) is 0 Å². The minimum absolute atomic E-state index is 0.380. The lowest BCUT2D eigenvalue weighted by Crippen LogP contribution is -2.28. The summed E-state index contributed by atoms with van der Waals surface area (Å²) in [6.07, 6.45) is 4.68. The summed E-state index contributed by atoms with van der Waals surface area (Å²) in [5.74, 6) is 0. The molecule has 1 aromatic rings. The normalized spacial score (nSPS) is 16.9. The molecule has 0 radical (unpaired) electrons. The number of anilines is 1. The van der Waals surface area contributed by atoms with Crippen molar-refractivity contribution >= 4 is 5.69 Å². The number of hydrogen-bond donors (Lipinski definition) is 1. The zero-order valence-corrected chi connectivity index (χ0v) is 10.9. The second kappa shape index (κ2) is 5.54. The van der Waals surface area contributed by atoms with Crippen molar-refractivity contribution in [3.05, 3.63) is 29.8 Å².